The third-order valence-corrected chi connectivity index (χ3v) is 3.37. The molecule has 0 aliphatic rings. The van der Waals surface area contributed by atoms with E-state index < -0.39 is 0 Å². The maximum atomic E-state index is 12.3. The number of rotatable bonds is 4. The maximum Gasteiger partial charge on any atom is 0.255 e. The Morgan fingerprint density at radius 1 is 1.09 bits per heavy atom. The average molecular weight is 307 g/mol. The molecule has 5 heteroatoms. The summed E-state index contributed by atoms with van der Waals surface area (Å²) in [4.78, 5) is 23.7. The van der Waals surface area contributed by atoms with E-state index in [2.05, 4.69) is 10.6 Å². The molecule has 0 heterocycles. The number of anilines is 2. The largest absolute Gasteiger partial charge is 0.326 e. The minimum atomic E-state index is -0.267. The molecule has 0 spiro atoms. The summed E-state index contributed by atoms with van der Waals surface area (Å²) in [6.07, 6.45) is 0.390. The highest BCUT2D eigenvalue weighted by molar-refractivity contribution is 6.05. The van der Waals surface area contributed by atoms with Gasteiger partial charge in [-0.05, 0) is 48.9 Å². The smallest absolute Gasteiger partial charge is 0.255 e. The molecule has 5 nitrogen and oxygen atoms in total. The molecule has 2 aromatic carbocycles. The molecule has 0 bridgehead atoms. The molecule has 0 atom stereocenters. The molecular formula is C18H17N3O2. The highest BCUT2D eigenvalue weighted by Crippen LogP contribution is 2.21. The van der Waals surface area contributed by atoms with Gasteiger partial charge in [0.05, 0.1) is 11.6 Å². The second kappa shape index (κ2) is 7.23. The third-order valence-electron chi connectivity index (χ3n) is 3.37. The van der Waals surface area contributed by atoms with Crippen molar-refractivity contribution < 1.29 is 9.59 Å². The van der Waals surface area contributed by atoms with Crippen LogP contribution in [0.1, 0.15) is 34.8 Å². The first-order chi connectivity index (χ1) is 11.0. The van der Waals surface area contributed by atoms with Crippen molar-refractivity contribution in [3.8, 4) is 6.07 Å². The SMILES string of the molecule is CCC(=O)Nc1ccc(C)c(NC(=O)c2ccc(C#N)cc2)c1. The van der Waals surface area contributed by atoms with Crippen LogP contribution in [-0.2, 0) is 4.79 Å². The fourth-order valence-corrected chi connectivity index (χ4v) is 1.97. The monoisotopic (exact) mass is 307 g/mol. The predicted octanol–water partition coefficient (Wildman–Crippen LogP) is 3.47. The Kier molecular flexibility index (Phi) is 5.11. The highest BCUT2D eigenvalue weighted by atomic mass is 16.2. The lowest BCUT2D eigenvalue weighted by Crippen LogP contribution is -2.14. The summed E-state index contributed by atoms with van der Waals surface area (Å²) >= 11 is 0. The molecule has 0 radical (unpaired) electrons. The van der Waals surface area contributed by atoms with Crippen molar-refractivity contribution in [2.45, 2.75) is 20.3 Å². The first-order valence-corrected chi connectivity index (χ1v) is 7.25. The number of benzene rings is 2. The molecule has 2 rings (SSSR count). The van der Waals surface area contributed by atoms with Gasteiger partial charge in [-0.2, -0.15) is 5.26 Å². The van der Waals surface area contributed by atoms with Crippen LogP contribution in [0.2, 0.25) is 0 Å². The van der Waals surface area contributed by atoms with Crippen LogP contribution in [0.4, 0.5) is 11.4 Å². The zero-order chi connectivity index (χ0) is 16.8. The van der Waals surface area contributed by atoms with Crippen LogP contribution in [0.5, 0.6) is 0 Å². The van der Waals surface area contributed by atoms with Crippen molar-refractivity contribution in [1.82, 2.24) is 0 Å². The van der Waals surface area contributed by atoms with Crippen molar-refractivity contribution in [1.29, 1.82) is 5.26 Å². The second-order valence-corrected chi connectivity index (χ2v) is 5.07. The molecule has 0 aliphatic heterocycles. The van der Waals surface area contributed by atoms with Gasteiger partial charge in [0, 0.05) is 23.4 Å². The summed E-state index contributed by atoms with van der Waals surface area (Å²) < 4.78 is 0. The third kappa shape index (κ3) is 4.17. The molecule has 0 fully saturated rings. The van der Waals surface area contributed by atoms with Crippen LogP contribution in [0.25, 0.3) is 0 Å². The standard InChI is InChI=1S/C18H17N3O2/c1-3-17(22)20-15-9-4-12(2)16(10-15)21-18(23)14-7-5-13(11-19)6-8-14/h4-10H,3H2,1-2H3,(H,20,22)(H,21,23). The molecule has 116 valence electrons. The summed E-state index contributed by atoms with van der Waals surface area (Å²) in [7, 11) is 0. The van der Waals surface area contributed by atoms with Gasteiger partial charge in [0.15, 0.2) is 0 Å². The van der Waals surface area contributed by atoms with Crippen molar-refractivity contribution in [3.63, 3.8) is 0 Å². The van der Waals surface area contributed by atoms with Crippen molar-refractivity contribution >= 4 is 23.2 Å². The minimum absolute atomic E-state index is 0.0850. The first-order valence-electron chi connectivity index (χ1n) is 7.25. The van der Waals surface area contributed by atoms with Crippen LogP contribution in [0.3, 0.4) is 0 Å². The zero-order valence-corrected chi connectivity index (χ0v) is 13.0. The predicted molar refractivity (Wildman–Crippen MR) is 89.2 cm³/mol. The topological polar surface area (TPSA) is 82.0 Å². The molecule has 2 aromatic rings. The Bertz CT molecular complexity index is 774. The molecule has 0 unspecified atom stereocenters. The number of hydrogen-bond donors (Lipinski definition) is 2. The van der Waals surface area contributed by atoms with Gasteiger partial charge in [-0.3, -0.25) is 9.59 Å². The molecule has 23 heavy (non-hydrogen) atoms. The van der Waals surface area contributed by atoms with Crippen molar-refractivity contribution in [3.05, 3.63) is 59.2 Å². The van der Waals surface area contributed by atoms with Crippen molar-refractivity contribution in [2.75, 3.05) is 10.6 Å². The summed E-state index contributed by atoms with van der Waals surface area (Å²) in [5.74, 6) is -0.352. The number of nitrogens with one attached hydrogen (secondary N) is 2. The first kappa shape index (κ1) is 16.2. The van der Waals surface area contributed by atoms with Gasteiger partial charge in [0.2, 0.25) is 5.91 Å². The molecule has 0 saturated heterocycles. The molecular weight excluding hydrogens is 290 g/mol. The van der Waals surface area contributed by atoms with Gasteiger partial charge in [-0.15, -0.1) is 0 Å². The van der Waals surface area contributed by atoms with E-state index in [9.17, 15) is 9.59 Å². The molecule has 0 aliphatic carbocycles. The Morgan fingerprint density at radius 3 is 2.39 bits per heavy atom. The Morgan fingerprint density at radius 2 is 1.78 bits per heavy atom. The normalized spacial score (nSPS) is 9.78. The number of hydrogen-bond acceptors (Lipinski definition) is 3. The van der Waals surface area contributed by atoms with Crippen LogP contribution in [-0.4, -0.2) is 11.8 Å². The van der Waals surface area contributed by atoms with Crippen LogP contribution >= 0.6 is 0 Å². The summed E-state index contributed by atoms with van der Waals surface area (Å²) in [5.41, 5.74) is 3.13. The molecule has 0 saturated carbocycles. The Hall–Kier alpha value is -3.13. The number of aryl methyl sites for hydroxylation is 1. The fourth-order valence-electron chi connectivity index (χ4n) is 1.97. The lowest BCUT2D eigenvalue weighted by atomic mass is 10.1. The van der Waals surface area contributed by atoms with E-state index in [0.29, 0.717) is 28.9 Å². The summed E-state index contributed by atoms with van der Waals surface area (Å²) in [6.45, 7) is 3.65. The van der Waals surface area contributed by atoms with Crippen LogP contribution in [0.15, 0.2) is 42.5 Å². The number of nitrogens with zero attached hydrogens (tertiary/aromatic N) is 1. The fraction of sp³-hybridized carbons (Fsp3) is 0.167. The van der Waals surface area contributed by atoms with E-state index in [1.807, 2.05) is 19.1 Å². The molecule has 2 amide bonds. The zero-order valence-electron chi connectivity index (χ0n) is 13.0. The highest BCUT2D eigenvalue weighted by Gasteiger charge is 2.09. The van der Waals surface area contributed by atoms with Crippen LogP contribution < -0.4 is 10.6 Å². The van der Waals surface area contributed by atoms with E-state index in [1.54, 1.807) is 43.3 Å². The molecule has 0 aromatic heterocycles. The van der Waals surface area contributed by atoms with Crippen LogP contribution in [0, 0.1) is 18.3 Å². The lowest BCUT2D eigenvalue weighted by molar-refractivity contribution is -0.115. The summed E-state index contributed by atoms with van der Waals surface area (Å²) in [5, 5.41) is 14.4. The number of amides is 2. The van der Waals surface area contributed by atoms with Gasteiger partial charge in [0.1, 0.15) is 0 Å². The van der Waals surface area contributed by atoms with Gasteiger partial charge in [0.25, 0.3) is 5.91 Å². The van der Waals surface area contributed by atoms with E-state index in [4.69, 9.17) is 5.26 Å². The van der Waals surface area contributed by atoms with Gasteiger partial charge in [-0.1, -0.05) is 13.0 Å². The molecule has 2 N–H and O–H groups in total. The van der Waals surface area contributed by atoms with E-state index in [-0.39, 0.29) is 11.8 Å². The number of carbonyl (C=O) groups is 2. The van der Waals surface area contributed by atoms with E-state index >= 15 is 0 Å². The average Bonchev–Trinajstić information content (AvgIpc) is 2.57. The summed E-state index contributed by atoms with van der Waals surface area (Å²) in [6, 6.07) is 13.8. The number of carbonyl (C=O) groups excluding carboxylic acids is 2. The Labute approximate surface area is 134 Å². The van der Waals surface area contributed by atoms with Crippen molar-refractivity contribution in [2.24, 2.45) is 0 Å². The Balaban J connectivity index is 2.17. The van der Waals surface area contributed by atoms with Gasteiger partial charge in [-0.25, -0.2) is 0 Å². The van der Waals surface area contributed by atoms with Gasteiger partial charge >= 0.3 is 0 Å². The quantitative estimate of drug-likeness (QED) is 0.907. The minimum Gasteiger partial charge on any atom is -0.326 e. The van der Waals surface area contributed by atoms with E-state index in [0.717, 1.165) is 5.56 Å². The second-order valence-electron chi connectivity index (χ2n) is 5.07. The van der Waals surface area contributed by atoms with E-state index in [1.165, 1.54) is 0 Å². The number of nitriles is 1. The van der Waals surface area contributed by atoms with Gasteiger partial charge < -0.3 is 10.6 Å². The maximum absolute atomic E-state index is 12.3. The lowest BCUT2D eigenvalue weighted by Gasteiger charge is -2.11.